The van der Waals surface area contributed by atoms with Crippen LogP contribution in [0.3, 0.4) is 0 Å². The molecule has 0 atom stereocenters. The molecule has 3 heteroatoms. The van der Waals surface area contributed by atoms with Crippen LogP contribution in [0.15, 0.2) is 0 Å². The van der Waals surface area contributed by atoms with Gasteiger partial charge in [-0.05, 0) is 13.8 Å². The quantitative estimate of drug-likeness (QED) is 0.576. The third-order valence-electron chi connectivity index (χ3n) is 0.773. The van der Waals surface area contributed by atoms with E-state index in [1.165, 1.54) is 0 Å². The largest absolute Gasteiger partial charge is 0.450 e. The highest BCUT2D eigenvalue weighted by molar-refractivity contribution is 5.67. The van der Waals surface area contributed by atoms with Crippen molar-refractivity contribution in [2.24, 2.45) is 0 Å². The molecule has 0 bridgehead atoms. The molecule has 3 nitrogen and oxygen atoms in total. The van der Waals surface area contributed by atoms with E-state index >= 15 is 0 Å². The highest BCUT2D eigenvalue weighted by Crippen LogP contribution is 1.73. The summed E-state index contributed by atoms with van der Waals surface area (Å²) in [7, 11) is 0. The van der Waals surface area contributed by atoms with E-state index in [1.807, 2.05) is 0 Å². The van der Waals surface area contributed by atoms with E-state index in [9.17, 15) is 4.79 Å². The van der Waals surface area contributed by atoms with E-state index in [2.05, 4.69) is 21.9 Å². The molecule has 0 saturated heterocycles. The zero-order valence-electron chi connectivity index (χ0n) is 6.23. The Morgan fingerprint density at radius 3 is 2.90 bits per heavy atom. The molecule has 0 fully saturated rings. The van der Waals surface area contributed by atoms with Crippen LogP contribution in [0.1, 0.15) is 13.8 Å². The van der Waals surface area contributed by atoms with Gasteiger partial charge in [-0.25, -0.2) is 4.79 Å². The molecule has 0 saturated carbocycles. The first-order valence-electron chi connectivity index (χ1n) is 3.11. The number of hydrogen-bond donors (Lipinski definition) is 1. The summed E-state index contributed by atoms with van der Waals surface area (Å²) in [6.45, 7) is 4.22. The van der Waals surface area contributed by atoms with Gasteiger partial charge in [-0.1, -0.05) is 5.92 Å². The lowest BCUT2D eigenvalue weighted by molar-refractivity contribution is 0.153. The van der Waals surface area contributed by atoms with E-state index in [0.717, 1.165) is 0 Å². The third-order valence-corrected chi connectivity index (χ3v) is 0.773. The third kappa shape index (κ3) is 4.98. The van der Waals surface area contributed by atoms with Crippen LogP contribution in [-0.2, 0) is 4.74 Å². The standard InChI is InChI=1S/C7H11NO2/c1-3-5-6-8-7(9)10-4-2/h4,6H2,1-2H3,(H,8,9). The molecular weight excluding hydrogens is 130 g/mol. The fraction of sp³-hybridized carbons (Fsp3) is 0.571. The Morgan fingerprint density at radius 1 is 1.70 bits per heavy atom. The zero-order valence-corrected chi connectivity index (χ0v) is 6.23. The van der Waals surface area contributed by atoms with E-state index < -0.39 is 6.09 Å². The molecule has 0 aliphatic rings. The normalized spacial score (nSPS) is 7.40. The van der Waals surface area contributed by atoms with Gasteiger partial charge in [-0.2, -0.15) is 0 Å². The van der Waals surface area contributed by atoms with Crippen LogP contribution >= 0.6 is 0 Å². The van der Waals surface area contributed by atoms with Gasteiger partial charge < -0.3 is 10.1 Å². The molecule has 0 unspecified atom stereocenters. The number of nitrogens with one attached hydrogen (secondary N) is 1. The van der Waals surface area contributed by atoms with E-state index in [1.54, 1.807) is 13.8 Å². The molecule has 1 N–H and O–H groups in total. The van der Waals surface area contributed by atoms with Crippen molar-refractivity contribution in [1.29, 1.82) is 0 Å². The van der Waals surface area contributed by atoms with Crippen molar-refractivity contribution < 1.29 is 9.53 Å². The number of amides is 1. The molecule has 0 aromatic rings. The van der Waals surface area contributed by atoms with Crippen LogP contribution in [0, 0.1) is 11.8 Å². The fourth-order valence-corrected chi connectivity index (χ4v) is 0.387. The Labute approximate surface area is 60.8 Å². The molecule has 56 valence electrons. The van der Waals surface area contributed by atoms with Crippen LogP contribution in [0.4, 0.5) is 4.79 Å². The van der Waals surface area contributed by atoms with Gasteiger partial charge in [0.2, 0.25) is 0 Å². The number of carbonyl (C=O) groups excluding carboxylic acids is 1. The second kappa shape index (κ2) is 5.96. The number of rotatable bonds is 2. The number of ether oxygens (including phenoxy) is 1. The van der Waals surface area contributed by atoms with Crippen LogP contribution in [-0.4, -0.2) is 19.2 Å². The van der Waals surface area contributed by atoms with Crippen molar-refractivity contribution in [3.05, 3.63) is 0 Å². The summed E-state index contributed by atoms with van der Waals surface area (Å²) in [5, 5.41) is 2.45. The molecule has 10 heavy (non-hydrogen) atoms. The maximum atomic E-state index is 10.5. The molecule has 0 aliphatic heterocycles. The first kappa shape index (κ1) is 8.83. The van der Waals surface area contributed by atoms with Crippen LogP contribution in [0.5, 0.6) is 0 Å². The predicted octanol–water partition coefficient (Wildman–Crippen LogP) is 0.756. The van der Waals surface area contributed by atoms with Gasteiger partial charge >= 0.3 is 6.09 Å². The summed E-state index contributed by atoms with van der Waals surface area (Å²) >= 11 is 0. The van der Waals surface area contributed by atoms with Gasteiger partial charge in [-0.15, -0.1) is 5.92 Å². The molecule has 0 rings (SSSR count). The molecule has 0 aliphatic carbocycles. The van der Waals surface area contributed by atoms with Crippen molar-refractivity contribution in [1.82, 2.24) is 5.32 Å². The minimum absolute atomic E-state index is 0.356. The minimum Gasteiger partial charge on any atom is -0.450 e. The molecule has 0 aromatic carbocycles. The lowest BCUT2D eigenvalue weighted by atomic mass is 10.6. The Kier molecular flexibility index (Phi) is 5.26. The summed E-state index contributed by atoms with van der Waals surface area (Å²) in [6, 6.07) is 0. The topological polar surface area (TPSA) is 38.3 Å². The molecule has 0 aromatic heterocycles. The molecule has 0 spiro atoms. The molecular formula is C7H11NO2. The van der Waals surface area contributed by atoms with Gasteiger partial charge in [0.25, 0.3) is 0 Å². The highest BCUT2D eigenvalue weighted by Gasteiger charge is 1.94. The van der Waals surface area contributed by atoms with Crippen LogP contribution in [0.25, 0.3) is 0 Å². The monoisotopic (exact) mass is 141 g/mol. The lowest BCUT2D eigenvalue weighted by Gasteiger charge is -1.99. The molecule has 1 amide bonds. The Hall–Kier alpha value is -1.17. The summed E-state index contributed by atoms with van der Waals surface area (Å²) in [6.07, 6.45) is -0.412. The van der Waals surface area contributed by atoms with Crippen molar-refractivity contribution in [3.8, 4) is 11.8 Å². The predicted molar refractivity (Wildman–Crippen MR) is 38.5 cm³/mol. The van der Waals surface area contributed by atoms with Gasteiger partial charge in [0.15, 0.2) is 0 Å². The van der Waals surface area contributed by atoms with Crippen LogP contribution in [0.2, 0.25) is 0 Å². The number of hydrogen-bond acceptors (Lipinski definition) is 2. The Bertz CT molecular complexity index is 155. The second-order valence-electron chi connectivity index (χ2n) is 1.50. The second-order valence-corrected chi connectivity index (χ2v) is 1.50. The summed E-state index contributed by atoms with van der Waals surface area (Å²) in [5.41, 5.74) is 0. The maximum Gasteiger partial charge on any atom is 0.407 e. The van der Waals surface area contributed by atoms with Crippen molar-refractivity contribution >= 4 is 6.09 Å². The van der Waals surface area contributed by atoms with Gasteiger partial charge in [0, 0.05) is 0 Å². The zero-order chi connectivity index (χ0) is 7.82. The average molecular weight is 141 g/mol. The van der Waals surface area contributed by atoms with Crippen molar-refractivity contribution in [2.75, 3.05) is 13.2 Å². The average Bonchev–Trinajstić information content (AvgIpc) is 1.89. The van der Waals surface area contributed by atoms with Gasteiger partial charge in [0.05, 0.1) is 13.2 Å². The van der Waals surface area contributed by atoms with Gasteiger partial charge in [-0.3, -0.25) is 0 Å². The highest BCUT2D eigenvalue weighted by atomic mass is 16.5. The summed E-state index contributed by atoms with van der Waals surface area (Å²) in [5.74, 6) is 5.32. The van der Waals surface area contributed by atoms with Gasteiger partial charge in [0.1, 0.15) is 0 Å². The van der Waals surface area contributed by atoms with Crippen LogP contribution < -0.4 is 5.32 Å². The number of alkyl carbamates (subject to hydrolysis) is 1. The smallest absolute Gasteiger partial charge is 0.407 e. The maximum absolute atomic E-state index is 10.5. The van der Waals surface area contributed by atoms with Crippen molar-refractivity contribution in [2.45, 2.75) is 13.8 Å². The van der Waals surface area contributed by atoms with E-state index in [0.29, 0.717) is 13.2 Å². The van der Waals surface area contributed by atoms with Crippen molar-refractivity contribution in [3.63, 3.8) is 0 Å². The first-order chi connectivity index (χ1) is 4.81. The summed E-state index contributed by atoms with van der Waals surface area (Å²) in [4.78, 5) is 10.5. The van der Waals surface area contributed by atoms with E-state index in [4.69, 9.17) is 0 Å². The fourth-order valence-electron chi connectivity index (χ4n) is 0.387. The van der Waals surface area contributed by atoms with E-state index in [-0.39, 0.29) is 0 Å². The minimum atomic E-state index is -0.412. The molecule has 0 radical (unpaired) electrons. The summed E-state index contributed by atoms with van der Waals surface area (Å²) < 4.78 is 4.57. The first-order valence-corrected chi connectivity index (χ1v) is 3.11. The Morgan fingerprint density at radius 2 is 2.40 bits per heavy atom. The Balaban J connectivity index is 3.27. The SMILES string of the molecule is CC#CCNC(=O)OCC. The number of carbonyl (C=O) groups is 1. The lowest BCUT2D eigenvalue weighted by Crippen LogP contribution is -2.24. The molecule has 0 heterocycles.